The van der Waals surface area contributed by atoms with Crippen molar-refractivity contribution in [3.63, 3.8) is 0 Å². The van der Waals surface area contributed by atoms with Crippen LogP contribution in [0, 0.1) is 0 Å². The third kappa shape index (κ3) is 7.34. The molecular weight excluding hydrogens is 476 g/mol. The van der Waals surface area contributed by atoms with Gasteiger partial charge in [0, 0.05) is 26.9 Å². The zero-order valence-corrected chi connectivity index (χ0v) is 20.4. The molecule has 2 amide bonds. The summed E-state index contributed by atoms with van der Waals surface area (Å²) in [4.78, 5) is 27.0. The number of amides is 2. The number of thioether (sulfide) groups is 1. The Labute approximate surface area is 214 Å². The first-order chi connectivity index (χ1) is 17.1. The van der Waals surface area contributed by atoms with Gasteiger partial charge in [-0.25, -0.2) is 0 Å². The van der Waals surface area contributed by atoms with Crippen LogP contribution in [0.2, 0.25) is 5.02 Å². The molecule has 0 fully saturated rings. The minimum atomic E-state index is -0.422. The Morgan fingerprint density at radius 1 is 0.771 bits per heavy atom. The van der Waals surface area contributed by atoms with Gasteiger partial charge in [0.05, 0.1) is 0 Å². The van der Waals surface area contributed by atoms with Gasteiger partial charge in [-0.2, -0.15) is 0 Å². The first-order valence-corrected chi connectivity index (χ1v) is 12.3. The van der Waals surface area contributed by atoms with Crippen molar-refractivity contribution in [2.45, 2.75) is 10.6 Å². The van der Waals surface area contributed by atoms with E-state index in [1.54, 1.807) is 66.4 Å². The topological polar surface area (TPSA) is 58.2 Å². The molecule has 0 atom stereocenters. The van der Waals surface area contributed by atoms with Crippen molar-refractivity contribution >= 4 is 46.9 Å². The van der Waals surface area contributed by atoms with E-state index in [-0.39, 0.29) is 11.6 Å². The third-order valence-electron chi connectivity index (χ3n) is 5.07. The largest absolute Gasteiger partial charge is 0.321 e. The Kier molecular flexibility index (Phi) is 8.39. The maximum atomic E-state index is 13.1. The normalized spacial score (nSPS) is 11.1. The van der Waals surface area contributed by atoms with Gasteiger partial charge in [-0.15, -0.1) is 11.8 Å². The van der Waals surface area contributed by atoms with Gasteiger partial charge >= 0.3 is 0 Å². The highest BCUT2D eigenvalue weighted by Gasteiger charge is 2.15. The number of nitrogens with one attached hydrogen (secondary N) is 2. The molecular formula is C29H23ClN2O2S. The van der Waals surface area contributed by atoms with Crippen molar-refractivity contribution in [1.29, 1.82) is 0 Å². The average Bonchev–Trinajstić information content (AvgIpc) is 2.90. The van der Waals surface area contributed by atoms with Crippen molar-refractivity contribution in [2.24, 2.45) is 0 Å². The lowest BCUT2D eigenvalue weighted by molar-refractivity contribution is -0.113. The van der Waals surface area contributed by atoms with Crippen LogP contribution in [0.1, 0.15) is 21.5 Å². The summed E-state index contributed by atoms with van der Waals surface area (Å²) in [6, 6.07) is 33.7. The first kappa shape index (κ1) is 24.3. The second-order valence-corrected chi connectivity index (χ2v) is 9.17. The molecule has 0 bridgehead atoms. The number of halogens is 1. The molecule has 0 unspecified atom stereocenters. The number of rotatable bonds is 8. The maximum absolute atomic E-state index is 13.1. The van der Waals surface area contributed by atoms with E-state index in [1.807, 2.05) is 48.5 Å². The predicted octanol–water partition coefficient (Wildman–Crippen LogP) is 7.04. The lowest BCUT2D eigenvalue weighted by Crippen LogP contribution is -2.30. The second-order valence-electron chi connectivity index (χ2n) is 7.68. The van der Waals surface area contributed by atoms with Crippen molar-refractivity contribution in [3.05, 3.63) is 137 Å². The molecule has 6 heteroatoms. The second kappa shape index (κ2) is 12.1. The minimum Gasteiger partial charge on any atom is -0.321 e. The molecule has 4 aromatic rings. The summed E-state index contributed by atoms with van der Waals surface area (Å²) in [6.07, 6.45) is 1.62. The van der Waals surface area contributed by atoms with Crippen LogP contribution in [0.15, 0.2) is 120 Å². The molecule has 174 valence electrons. The summed E-state index contributed by atoms with van der Waals surface area (Å²) in [5.41, 5.74) is 3.21. The van der Waals surface area contributed by atoms with E-state index in [0.717, 1.165) is 16.2 Å². The fourth-order valence-corrected chi connectivity index (χ4v) is 4.22. The number of carbonyl (C=O) groups is 2. The highest BCUT2D eigenvalue weighted by molar-refractivity contribution is 7.98. The molecule has 0 aliphatic rings. The highest BCUT2D eigenvalue weighted by Crippen LogP contribution is 2.24. The number of hydrogen-bond donors (Lipinski definition) is 2. The molecule has 0 aliphatic heterocycles. The molecule has 0 aliphatic carbocycles. The number of benzene rings is 4. The molecule has 0 aromatic heterocycles. The van der Waals surface area contributed by atoms with Crippen LogP contribution < -0.4 is 10.6 Å². The standard InChI is InChI=1S/C29H23ClN2O2S/c30-24-13-11-21(12-14-24)19-27(32-28(33)23-9-5-2-6-10-23)29(34)31-25-15-17-26(18-16-25)35-20-22-7-3-1-4-8-22/h1-19H,20H2,(H,31,34)(H,32,33)/b27-19-. The number of hydrogen-bond acceptors (Lipinski definition) is 3. The van der Waals surface area contributed by atoms with Crippen LogP contribution >= 0.6 is 23.4 Å². The quantitative estimate of drug-likeness (QED) is 0.202. The summed E-state index contributed by atoms with van der Waals surface area (Å²) in [7, 11) is 0. The zero-order valence-electron chi connectivity index (χ0n) is 18.8. The lowest BCUT2D eigenvalue weighted by atomic mass is 10.1. The molecule has 4 rings (SSSR count). The fourth-order valence-electron chi connectivity index (χ4n) is 3.24. The Bertz CT molecular complexity index is 1310. The van der Waals surface area contributed by atoms with Crippen LogP contribution in [0.4, 0.5) is 5.69 Å². The molecule has 0 saturated carbocycles. The summed E-state index contributed by atoms with van der Waals surface area (Å²) in [5, 5.41) is 6.20. The van der Waals surface area contributed by atoms with E-state index < -0.39 is 5.91 Å². The van der Waals surface area contributed by atoms with E-state index in [1.165, 1.54) is 5.56 Å². The Morgan fingerprint density at radius 3 is 2.06 bits per heavy atom. The van der Waals surface area contributed by atoms with Crippen molar-refractivity contribution in [3.8, 4) is 0 Å². The van der Waals surface area contributed by atoms with Gasteiger partial charge in [0.2, 0.25) is 0 Å². The SMILES string of the molecule is O=C(Nc1ccc(SCc2ccccc2)cc1)/C(=C/c1ccc(Cl)cc1)NC(=O)c1ccccc1. The van der Waals surface area contributed by atoms with Crippen LogP contribution in [-0.4, -0.2) is 11.8 Å². The predicted molar refractivity (Wildman–Crippen MR) is 144 cm³/mol. The monoisotopic (exact) mass is 498 g/mol. The van der Waals surface area contributed by atoms with E-state index in [4.69, 9.17) is 11.6 Å². The van der Waals surface area contributed by atoms with E-state index in [2.05, 4.69) is 22.8 Å². The van der Waals surface area contributed by atoms with Gasteiger partial charge in [0.15, 0.2) is 0 Å². The van der Waals surface area contributed by atoms with Crippen LogP contribution in [0.3, 0.4) is 0 Å². The Morgan fingerprint density at radius 2 is 1.40 bits per heavy atom. The van der Waals surface area contributed by atoms with Gasteiger partial charge in [-0.05, 0) is 65.7 Å². The molecule has 0 spiro atoms. The molecule has 35 heavy (non-hydrogen) atoms. The average molecular weight is 499 g/mol. The van der Waals surface area contributed by atoms with Gasteiger partial charge in [-0.3, -0.25) is 9.59 Å². The Hall–Kier alpha value is -3.80. The number of carbonyl (C=O) groups excluding carboxylic acids is 2. The Balaban J connectivity index is 1.47. The maximum Gasteiger partial charge on any atom is 0.272 e. The summed E-state index contributed by atoms with van der Waals surface area (Å²) >= 11 is 7.71. The smallest absolute Gasteiger partial charge is 0.272 e. The summed E-state index contributed by atoms with van der Waals surface area (Å²) < 4.78 is 0. The molecule has 4 nitrogen and oxygen atoms in total. The highest BCUT2D eigenvalue weighted by atomic mass is 35.5. The van der Waals surface area contributed by atoms with Gasteiger partial charge in [0.1, 0.15) is 5.70 Å². The molecule has 0 saturated heterocycles. The van der Waals surface area contributed by atoms with E-state index >= 15 is 0 Å². The van der Waals surface area contributed by atoms with Gasteiger partial charge < -0.3 is 10.6 Å². The van der Waals surface area contributed by atoms with Crippen LogP contribution in [-0.2, 0) is 10.5 Å². The van der Waals surface area contributed by atoms with E-state index in [0.29, 0.717) is 16.3 Å². The fraction of sp³-hybridized carbons (Fsp3) is 0.0345. The lowest BCUT2D eigenvalue weighted by Gasteiger charge is -2.12. The first-order valence-electron chi connectivity index (χ1n) is 11.0. The minimum absolute atomic E-state index is 0.128. The number of anilines is 1. The molecule has 2 N–H and O–H groups in total. The van der Waals surface area contributed by atoms with Crippen LogP contribution in [0.25, 0.3) is 6.08 Å². The summed E-state index contributed by atoms with van der Waals surface area (Å²) in [6.45, 7) is 0. The van der Waals surface area contributed by atoms with Crippen molar-refractivity contribution < 1.29 is 9.59 Å². The van der Waals surface area contributed by atoms with Crippen molar-refractivity contribution in [2.75, 3.05) is 5.32 Å². The van der Waals surface area contributed by atoms with Gasteiger partial charge in [-0.1, -0.05) is 72.3 Å². The van der Waals surface area contributed by atoms with Crippen LogP contribution in [0.5, 0.6) is 0 Å². The molecule has 4 aromatic carbocycles. The molecule has 0 radical (unpaired) electrons. The third-order valence-corrected chi connectivity index (χ3v) is 6.41. The van der Waals surface area contributed by atoms with Gasteiger partial charge in [0.25, 0.3) is 11.8 Å². The van der Waals surface area contributed by atoms with E-state index in [9.17, 15) is 9.59 Å². The molecule has 0 heterocycles. The van der Waals surface area contributed by atoms with Crippen molar-refractivity contribution in [1.82, 2.24) is 5.32 Å². The summed E-state index contributed by atoms with van der Waals surface area (Å²) in [5.74, 6) is 0.0778. The zero-order chi connectivity index (χ0) is 24.5.